The molecule has 0 bridgehead atoms. The number of rotatable bonds is 6. The fourth-order valence-corrected chi connectivity index (χ4v) is 2.76. The van der Waals surface area contributed by atoms with Crippen molar-refractivity contribution in [3.63, 3.8) is 0 Å². The van der Waals surface area contributed by atoms with E-state index in [1.54, 1.807) is 7.11 Å². The highest BCUT2D eigenvalue weighted by atomic mass is 16.5. The van der Waals surface area contributed by atoms with Crippen LogP contribution in [0.1, 0.15) is 26.7 Å². The first-order valence-corrected chi connectivity index (χ1v) is 5.92. The third kappa shape index (κ3) is 2.71. The topological polar surface area (TPSA) is 30.5 Å². The van der Waals surface area contributed by atoms with Crippen LogP contribution in [-0.4, -0.2) is 40.0 Å². The minimum absolute atomic E-state index is 0.299. The minimum Gasteiger partial charge on any atom is -0.385 e. The van der Waals surface area contributed by atoms with Crippen LogP contribution in [0, 0.1) is 11.3 Å². The van der Waals surface area contributed by atoms with Crippen LogP contribution >= 0.6 is 0 Å². The zero-order valence-corrected chi connectivity index (χ0v) is 10.5. The molecule has 0 aromatic rings. The first-order chi connectivity index (χ1) is 7.17. The molecule has 0 spiro atoms. The summed E-state index contributed by atoms with van der Waals surface area (Å²) in [4.78, 5) is 0. The minimum atomic E-state index is 0.299. The van der Waals surface area contributed by atoms with E-state index in [1.165, 1.54) is 6.42 Å². The van der Waals surface area contributed by atoms with Gasteiger partial charge in [0.05, 0.1) is 6.10 Å². The Bertz CT molecular complexity index is 186. The highest BCUT2D eigenvalue weighted by Gasteiger charge is 2.44. The Balaban J connectivity index is 2.62. The lowest BCUT2D eigenvalue weighted by atomic mass is 9.70. The standard InChI is InChI=1S/C12H25NO2/c1-10(5-7-14-4)12(9-13-3)6-8-15-11(12)2/h10-11,13H,5-9H2,1-4H3. The molecule has 0 saturated carbocycles. The van der Waals surface area contributed by atoms with Crippen molar-refractivity contribution in [2.45, 2.75) is 32.8 Å². The van der Waals surface area contributed by atoms with Crippen molar-refractivity contribution in [2.75, 3.05) is 33.9 Å². The first kappa shape index (κ1) is 12.9. The van der Waals surface area contributed by atoms with E-state index in [0.717, 1.165) is 26.2 Å². The third-order valence-electron chi connectivity index (χ3n) is 3.99. The van der Waals surface area contributed by atoms with Crippen molar-refractivity contribution in [3.05, 3.63) is 0 Å². The van der Waals surface area contributed by atoms with Crippen LogP contribution in [0.4, 0.5) is 0 Å². The Labute approximate surface area is 93.5 Å². The van der Waals surface area contributed by atoms with Gasteiger partial charge in [0.1, 0.15) is 0 Å². The van der Waals surface area contributed by atoms with E-state index < -0.39 is 0 Å². The van der Waals surface area contributed by atoms with Gasteiger partial charge in [-0.1, -0.05) is 6.92 Å². The van der Waals surface area contributed by atoms with Crippen molar-refractivity contribution in [3.8, 4) is 0 Å². The zero-order chi connectivity index (χ0) is 11.3. The van der Waals surface area contributed by atoms with E-state index in [9.17, 15) is 0 Å². The predicted molar refractivity (Wildman–Crippen MR) is 62.0 cm³/mol. The predicted octanol–water partition coefficient (Wildman–Crippen LogP) is 1.67. The number of hydrogen-bond donors (Lipinski definition) is 1. The van der Waals surface area contributed by atoms with E-state index >= 15 is 0 Å². The molecule has 3 atom stereocenters. The second-order valence-electron chi connectivity index (χ2n) is 4.71. The van der Waals surface area contributed by atoms with Gasteiger partial charge in [0.15, 0.2) is 0 Å². The van der Waals surface area contributed by atoms with Crippen LogP contribution in [0.3, 0.4) is 0 Å². The van der Waals surface area contributed by atoms with Gasteiger partial charge in [-0.3, -0.25) is 0 Å². The highest BCUT2D eigenvalue weighted by Crippen LogP contribution is 2.42. The normalized spacial score (nSPS) is 33.2. The average molecular weight is 215 g/mol. The maximum Gasteiger partial charge on any atom is 0.0618 e. The van der Waals surface area contributed by atoms with Crippen LogP contribution in [0.15, 0.2) is 0 Å². The van der Waals surface area contributed by atoms with E-state index in [2.05, 4.69) is 19.2 Å². The molecule has 0 aromatic carbocycles. The SMILES string of the molecule is CNCC1(C(C)CCOC)CCOC1C. The monoisotopic (exact) mass is 215 g/mol. The van der Waals surface area contributed by atoms with Gasteiger partial charge in [-0.05, 0) is 32.7 Å². The van der Waals surface area contributed by atoms with Crippen LogP contribution in [0.2, 0.25) is 0 Å². The summed E-state index contributed by atoms with van der Waals surface area (Å²) < 4.78 is 10.9. The molecule has 3 unspecified atom stereocenters. The van der Waals surface area contributed by atoms with Crippen molar-refractivity contribution >= 4 is 0 Å². The Kier molecular flexibility index (Phi) is 5.03. The van der Waals surface area contributed by atoms with Gasteiger partial charge in [0.25, 0.3) is 0 Å². The summed E-state index contributed by atoms with van der Waals surface area (Å²) in [6, 6.07) is 0. The number of hydrogen-bond acceptors (Lipinski definition) is 3. The summed E-state index contributed by atoms with van der Waals surface area (Å²) in [5, 5.41) is 3.32. The first-order valence-electron chi connectivity index (χ1n) is 5.92. The summed E-state index contributed by atoms with van der Waals surface area (Å²) in [6.07, 6.45) is 2.64. The lowest BCUT2D eigenvalue weighted by Crippen LogP contribution is -2.43. The molecule has 3 nitrogen and oxygen atoms in total. The smallest absolute Gasteiger partial charge is 0.0618 e. The summed E-state index contributed by atoms with van der Waals surface area (Å²) in [5.74, 6) is 0.641. The quantitative estimate of drug-likeness (QED) is 0.731. The molecule has 3 heteroatoms. The Morgan fingerprint density at radius 2 is 2.33 bits per heavy atom. The molecule has 0 aliphatic carbocycles. The summed E-state index contributed by atoms with van der Waals surface area (Å²) in [6.45, 7) is 7.31. The van der Waals surface area contributed by atoms with Gasteiger partial charge >= 0.3 is 0 Å². The molecule has 0 radical (unpaired) electrons. The molecular weight excluding hydrogens is 190 g/mol. The molecule has 15 heavy (non-hydrogen) atoms. The van der Waals surface area contributed by atoms with Crippen LogP contribution in [0.25, 0.3) is 0 Å². The number of ether oxygens (including phenoxy) is 2. The average Bonchev–Trinajstić information content (AvgIpc) is 2.58. The molecule has 0 amide bonds. The Hall–Kier alpha value is -0.120. The lowest BCUT2D eigenvalue weighted by Gasteiger charge is -2.38. The van der Waals surface area contributed by atoms with Crippen molar-refractivity contribution in [2.24, 2.45) is 11.3 Å². The van der Waals surface area contributed by atoms with Crippen LogP contribution in [0.5, 0.6) is 0 Å². The van der Waals surface area contributed by atoms with Gasteiger partial charge in [-0.2, -0.15) is 0 Å². The molecule has 1 N–H and O–H groups in total. The number of methoxy groups -OCH3 is 1. The van der Waals surface area contributed by atoms with Crippen molar-refractivity contribution in [1.82, 2.24) is 5.32 Å². The third-order valence-corrected chi connectivity index (χ3v) is 3.99. The molecule has 1 aliphatic rings. The molecule has 90 valence electrons. The van der Waals surface area contributed by atoms with Gasteiger partial charge in [-0.15, -0.1) is 0 Å². The Morgan fingerprint density at radius 1 is 1.60 bits per heavy atom. The Morgan fingerprint density at radius 3 is 2.80 bits per heavy atom. The number of nitrogens with one attached hydrogen (secondary N) is 1. The largest absolute Gasteiger partial charge is 0.385 e. The fraction of sp³-hybridized carbons (Fsp3) is 1.00. The van der Waals surface area contributed by atoms with Gasteiger partial charge in [0, 0.05) is 32.3 Å². The van der Waals surface area contributed by atoms with Gasteiger partial charge < -0.3 is 14.8 Å². The molecular formula is C12H25NO2. The van der Waals surface area contributed by atoms with Gasteiger partial charge in [0.2, 0.25) is 0 Å². The molecule has 0 aromatic heterocycles. The molecule has 1 saturated heterocycles. The maximum atomic E-state index is 5.74. The molecule has 1 rings (SSSR count). The lowest BCUT2D eigenvalue weighted by molar-refractivity contribution is 0.0234. The van der Waals surface area contributed by atoms with E-state index in [4.69, 9.17) is 9.47 Å². The van der Waals surface area contributed by atoms with Crippen LogP contribution in [-0.2, 0) is 9.47 Å². The second kappa shape index (κ2) is 5.83. The zero-order valence-electron chi connectivity index (χ0n) is 10.5. The summed E-state index contributed by atoms with van der Waals surface area (Å²) in [5.41, 5.74) is 0.299. The molecule has 1 aliphatic heterocycles. The van der Waals surface area contributed by atoms with Crippen molar-refractivity contribution in [1.29, 1.82) is 0 Å². The van der Waals surface area contributed by atoms with Crippen LogP contribution < -0.4 is 5.32 Å². The van der Waals surface area contributed by atoms with E-state index in [0.29, 0.717) is 17.4 Å². The van der Waals surface area contributed by atoms with E-state index in [1.807, 2.05) is 7.05 Å². The maximum absolute atomic E-state index is 5.74. The summed E-state index contributed by atoms with van der Waals surface area (Å²) >= 11 is 0. The molecule has 1 fully saturated rings. The summed E-state index contributed by atoms with van der Waals surface area (Å²) in [7, 11) is 3.79. The second-order valence-corrected chi connectivity index (χ2v) is 4.71. The van der Waals surface area contributed by atoms with Crippen molar-refractivity contribution < 1.29 is 9.47 Å². The molecule has 1 heterocycles. The van der Waals surface area contributed by atoms with E-state index in [-0.39, 0.29) is 0 Å². The highest BCUT2D eigenvalue weighted by molar-refractivity contribution is 4.94. The fourth-order valence-electron chi connectivity index (χ4n) is 2.76. The van der Waals surface area contributed by atoms with Gasteiger partial charge in [-0.25, -0.2) is 0 Å².